The van der Waals surface area contributed by atoms with Gasteiger partial charge in [-0.2, -0.15) is 8.78 Å². The zero-order chi connectivity index (χ0) is 8.20. The Morgan fingerprint density at radius 1 is 1.40 bits per heavy atom. The molecule has 0 aromatic heterocycles. The van der Waals surface area contributed by atoms with E-state index >= 15 is 0 Å². The van der Waals surface area contributed by atoms with Crippen LogP contribution < -0.4 is 0 Å². The minimum Gasteiger partial charge on any atom is -0.204 e. The molecule has 0 rings (SSSR count). The van der Waals surface area contributed by atoms with Crippen molar-refractivity contribution in [1.82, 2.24) is 0 Å². The third-order valence-electron chi connectivity index (χ3n) is 0.798. The molecule has 0 saturated carbocycles. The molecular weight excluding hydrogens is 263 g/mol. The van der Waals surface area contributed by atoms with E-state index in [9.17, 15) is 17.6 Å². The highest BCUT2D eigenvalue weighted by atomic mass is 127. The zero-order valence-electron chi connectivity index (χ0n) is 4.83. The van der Waals surface area contributed by atoms with Gasteiger partial charge in [-0.15, -0.1) is 0 Å². The van der Waals surface area contributed by atoms with Crippen LogP contribution in [-0.2, 0) is 0 Å². The molecule has 0 bridgehead atoms. The van der Waals surface area contributed by atoms with Crippen molar-refractivity contribution in [2.75, 3.05) is 0 Å². The molecule has 5 heteroatoms. The Hall–Kier alpha value is 0.190. The van der Waals surface area contributed by atoms with Gasteiger partial charge in [-0.1, -0.05) is 28.7 Å². The summed E-state index contributed by atoms with van der Waals surface area (Å²) in [6.45, 7) is 0. The molecule has 0 spiro atoms. The SMILES string of the molecule is FC(F)C(F)(F)C/C=C\I. The van der Waals surface area contributed by atoms with Crippen molar-refractivity contribution in [2.24, 2.45) is 0 Å². The van der Waals surface area contributed by atoms with Crippen molar-refractivity contribution in [2.45, 2.75) is 18.8 Å². The summed E-state index contributed by atoms with van der Waals surface area (Å²) in [6.07, 6.45) is -3.46. The van der Waals surface area contributed by atoms with E-state index in [2.05, 4.69) is 0 Å². The third kappa shape index (κ3) is 3.38. The molecule has 0 radical (unpaired) electrons. The Kier molecular flexibility index (Phi) is 4.23. The Morgan fingerprint density at radius 2 is 1.90 bits per heavy atom. The van der Waals surface area contributed by atoms with Crippen molar-refractivity contribution in [3.05, 3.63) is 10.2 Å². The molecule has 0 atom stereocenters. The minimum absolute atomic E-state index is 0.895. The second-order valence-electron chi connectivity index (χ2n) is 1.63. The molecule has 10 heavy (non-hydrogen) atoms. The molecule has 0 nitrogen and oxygen atoms in total. The van der Waals surface area contributed by atoms with Crippen LogP contribution in [0, 0.1) is 0 Å². The Bertz CT molecular complexity index is 121. The lowest BCUT2D eigenvalue weighted by Gasteiger charge is -2.11. The second-order valence-corrected chi connectivity index (χ2v) is 2.35. The van der Waals surface area contributed by atoms with Gasteiger partial charge < -0.3 is 0 Å². The second kappa shape index (κ2) is 4.15. The lowest BCUT2D eigenvalue weighted by molar-refractivity contribution is -0.125. The molecule has 0 N–H and O–H groups in total. The summed E-state index contributed by atoms with van der Waals surface area (Å²) in [6, 6.07) is 0. The van der Waals surface area contributed by atoms with Crippen LogP contribution in [0.2, 0.25) is 0 Å². The average molecular weight is 268 g/mol. The summed E-state index contributed by atoms with van der Waals surface area (Å²) in [7, 11) is 0. The van der Waals surface area contributed by atoms with Gasteiger partial charge in [-0.25, -0.2) is 8.78 Å². The van der Waals surface area contributed by atoms with Gasteiger partial charge in [0, 0.05) is 6.42 Å². The first-order valence-electron chi connectivity index (χ1n) is 2.42. The first kappa shape index (κ1) is 10.2. The predicted molar refractivity (Wildman–Crippen MR) is 38.7 cm³/mol. The van der Waals surface area contributed by atoms with Crippen LogP contribution >= 0.6 is 22.6 Å². The summed E-state index contributed by atoms with van der Waals surface area (Å²) >= 11 is 1.69. The van der Waals surface area contributed by atoms with Crippen molar-refractivity contribution in [3.63, 3.8) is 0 Å². The van der Waals surface area contributed by atoms with Gasteiger partial charge in [0.25, 0.3) is 0 Å². The fourth-order valence-corrected chi connectivity index (χ4v) is 0.545. The van der Waals surface area contributed by atoms with Crippen molar-refractivity contribution < 1.29 is 17.6 Å². The van der Waals surface area contributed by atoms with Crippen molar-refractivity contribution in [3.8, 4) is 0 Å². The molecule has 0 aromatic carbocycles. The summed E-state index contributed by atoms with van der Waals surface area (Å²) < 4.78 is 47.8. The summed E-state index contributed by atoms with van der Waals surface area (Å²) in [5, 5.41) is 0. The number of hydrogen-bond donors (Lipinski definition) is 0. The highest BCUT2D eigenvalue weighted by molar-refractivity contribution is 14.1. The first-order valence-corrected chi connectivity index (χ1v) is 3.66. The van der Waals surface area contributed by atoms with E-state index in [1.807, 2.05) is 0 Å². The number of halogens is 5. The Balaban J connectivity index is 3.86. The van der Waals surface area contributed by atoms with Crippen LogP contribution in [0.3, 0.4) is 0 Å². The highest BCUT2D eigenvalue weighted by Crippen LogP contribution is 2.26. The molecule has 0 aliphatic carbocycles. The van der Waals surface area contributed by atoms with Crippen LogP contribution in [0.1, 0.15) is 6.42 Å². The van der Waals surface area contributed by atoms with E-state index < -0.39 is 18.8 Å². The predicted octanol–water partition coefficient (Wildman–Crippen LogP) is 3.23. The topological polar surface area (TPSA) is 0 Å². The van der Waals surface area contributed by atoms with Crippen molar-refractivity contribution in [1.29, 1.82) is 0 Å². The van der Waals surface area contributed by atoms with Crippen LogP contribution in [0.5, 0.6) is 0 Å². The van der Waals surface area contributed by atoms with E-state index in [-0.39, 0.29) is 0 Å². The van der Waals surface area contributed by atoms with E-state index in [1.54, 1.807) is 22.6 Å². The molecule has 0 heterocycles. The monoisotopic (exact) mass is 268 g/mol. The molecule has 0 aromatic rings. The molecule has 0 unspecified atom stereocenters. The van der Waals surface area contributed by atoms with E-state index in [0.29, 0.717) is 0 Å². The normalized spacial score (nSPS) is 13.4. The van der Waals surface area contributed by atoms with Crippen molar-refractivity contribution >= 4 is 22.6 Å². The molecule has 0 saturated heterocycles. The first-order chi connectivity index (χ1) is 4.50. The van der Waals surface area contributed by atoms with Gasteiger partial charge >= 0.3 is 12.3 Å². The molecule has 60 valence electrons. The lowest BCUT2D eigenvalue weighted by atomic mass is 10.2. The number of hydrogen-bond acceptors (Lipinski definition) is 0. The van der Waals surface area contributed by atoms with Crippen LogP contribution in [0.4, 0.5) is 17.6 Å². The van der Waals surface area contributed by atoms with Gasteiger partial charge in [-0.3, -0.25) is 0 Å². The van der Waals surface area contributed by atoms with E-state index in [0.717, 1.165) is 6.08 Å². The van der Waals surface area contributed by atoms with Crippen LogP contribution in [0.15, 0.2) is 10.2 Å². The highest BCUT2D eigenvalue weighted by Gasteiger charge is 2.38. The molecular formula is C5H5F4I. The maximum atomic E-state index is 11.9. The standard InChI is InChI=1S/C5H5F4I/c6-4(7)5(8,9)2-1-3-10/h1,3-4H,2H2/b3-1-. The Labute approximate surface area is 69.4 Å². The smallest absolute Gasteiger partial charge is 0.204 e. The number of rotatable bonds is 3. The quantitative estimate of drug-likeness (QED) is 0.544. The van der Waals surface area contributed by atoms with Crippen LogP contribution in [-0.4, -0.2) is 12.3 Å². The average Bonchev–Trinajstić information content (AvgIpc) is 1.84. The van der Waals surface area contributed by atoms with Gasteiger partial charge in [0.2, 0.25) is 0 Å². The third-order valence-corrected chi connectivity index (χ3v) is 1.31. The van der Waals surface area contributed by atoms with Gasteiger partial charge in [0.15, 0.2) is 0 Å². The minimum atomic E-state index is -3.87. The van der Waals surface area contributed by atoms with E-state index in [4.69, 9.17) is 0 Å². The summed E-state index contributed by atoms with van der Waals surface area (Å²) in [5.41, 5.74) is 0. The largest absolute Gasteiger partial charge is 0.310 e. The fourth-order valence-electron chi connectivity index (χ4n) is 0.291. The maximum absolute atomic E-state index is 11.9. The molecule has 0 aliphatic heterocycles. The Morgan fingerprint density at radius 3 is 2.20 bits per heavy atom. The lowest BCUT2D eigenvalue weighted by Crippen LogP contribution is -2.25. The summed E-state index contributed by atoms with van der Waals surface area (Å²) in [4.78, 5) is 0. The maximum Gasteiger partial charge on any atom is 0.310 e. The molecule has 0 amide bonds. The van der Waals surface area contributed by atoms with E-state index in [1.165, 1.54) is 4.08 Å². The molecule has 0 aliphatic rings. The van der Waals surface area contributed by atoms with Gasteiger partial charge in [-0.05, 0) is 4.08 Å². The van der Waals surface area contributed by atoms with Gasteiger partial charge in [0.05, 0.1) is 0 Å². The van der Waals surface area contributed by atoms with Crippen LogP contribution in [0.25, 0.3) is 0 Å². The number of alkyl halides is 4. The zero-order valence-corrected chi connectivity index (χ0v) is 6.99. The summed E-state index contributed by atoms with van der Waals surface area (Å²) in [5.74, 6) is -3.87. The fraction of sp³-hybridized carbons (Fsp3) is 0.600. The molecule has 0 fully saturated rings. The number of allylic oxidation sites excluding steroid dienone is 1. The van der Waals surface area contributed by atoms with Gasteiger partial charge in [0.1, 0.15) is 0 Å².